The molecule has 3 saturated carbocycles. The van der Waals surface area contributed by atoms with E-state index in [1.165, 1.54) is 149 Å². The lowest BCUT2D eigenvalue weighted by atomic mass is 9.72. The van der Waals surface area contributed by atoms with E-state index in [0.717, 1.165) is 140 Å². The highest BCUT2D eigenvalue weighted by molar-refractivity contribution is 8.04. The number of benzene rings is 6. The third kappa shape index (κ3) is 31.4. The molecule has 3 fully saturated rings. The van der Waals surface area contributed by atoms with Crippen LogP contribution >= 0.6 is 70.6 Å². The van der Waals surface area contributed by atoms with Crippen LogP contribution in [-0.4, -0.2) is 62.1 Å². The molecule has 136 heavy (non-hydrogen) atoms. The van der Waals surface area contributed by atoms with Gasteiger partial charge >= 0.3 is 0 Å². The van der Waals surface area contributed by atoms with Gasteiger partial charge in [0.05, 0.1) is 0 Å². The van der Waals surface area contributed by atoms with Gasteiger partial charge in [-0.2, -0.15) is 70.6 Å². The Labute approximate surface area is 861 Å². The molecule has 0 amide bonds. The Bertz CT molecular complexity index is 4300. The first-order valence-electron chi connectivity index (χ1n) is 53.7. The minimum atomic E-state index is -0.115. The lowest BCUT2D eigenvalue weighted by molar-refractivity contribution is 0.349. The van der Waals surface area contributed by atoms with Gasteiger partial charge in [-0.1, -0.05) is 413 Å². The van der Waals surface area contributed by atoms with Crippen molar-refractivity contribution < 1.29 is 30.6 Å². The molecule has 0 aromatic heterocycles. The van der Waals surface area contributed by atoms with Gasteiger partial charge in [0.1, 0.15) is 34.5 Å². The average Bonchev–Trinajstić information content (AvgIpc) is 0.771. The molecule has 3 aliphatic rings. The van der Waals surface area contributed by atoms with Crippen LogP contribution in [0.25, 0.3) is 0 Å². The fraction of sp³-hybridized carbons (Fsp3) is 0.710. The molecule has 6 nitrogen and oxygen atoms in total. The highest BCUT2D eigenvalue weighted by Crippen LogP contribution is 2.53. The van der Waals surface area contributed by atoms with Crippen LogP contribution in [0.15, 0.2) is 72.8 Å². The molecular formula is C124H200O6S6. The van der Waals surface area contributed by atoms with Gasteiger partial charge in [-0.15, -0.1) is 0 Å². The predicted octanol–water partition coefficient (Wildman–Crippen LogP) is 38.3. The summed E-state index contributed by atoms with van der Waals surface area (Å²) >= 11 is 12.4. The van der Waals surface area contributed by atoms with Crippen molar-refractivity contribution in [3.8, 4) is 34.5 Å². The van der Waals surface area contributed by atoms with Gasteiger partial charge in [0.15, 0.2) is 0 Å². The summed E-state index contributed by atoms with van der Waals surface area (Å²) in [6.45, 7) is 86.3. The molecule has 0 radical (unpaired) electrons. The summed E-state index contributed by atoms with van der Waals surface area (Å²) in [5.74, 6) is 8.89. The van der Waals surface area contributed by atoms with Crippen molar-refractivity contribution in [2.45, 2.75) is 548 Å². The zero-order valence-corrected chi connectivity index (χ0v) is 98.8. The number of phenols is 6. The zero-order chi connectivity index (χ0) is 102. The summed E-state index contributed by atoms with van der Waals surface area (Å²) in [5, 5.41) is 73.2. The molecule has 0 aliphatic heterocycles. The number of hydrogen-bond donors (Lipinski definition) is 6. The van der Waals surface area contributed by atoms with E-state index in [0.29, 0.717) is 77.8 Å². The standard InChI is InChI=1S/2C42H68O2S2.C40H64O2S2/c1-27(2)41(11,12)33-23-31(39(5,6)7)21-29(37(33)43)25-45-35-19-17-15-16-18-20-36(35)46-26-30-22-32(40(8,9)10)24-34(38(30)44)42(13,14)28(3)4;1-13-41(11,14-2)33-25-31(39(5,6)7)23-29(37(33)43)27-45-35-21-19-17-18-20-22-36(35)46-28-30-24-32(40(8,9)10)26-34(38(30)44)42(12,15-3)16-4;1-13-39(9,10)31-23-29(37(3,4)5)21-27(35(31)41)25-43-33-19-17-15-16-18-20-34(33)44-26-28-22-30(38(6,7)8)24-32(36(28)42)40(11,12)14-2/h21-24,27-28,35-36,43-44H,15-20,25-26H2,1-14H3;23-26,35-36,43-44H,13-22,27-28H2,1-12H3;21-24,33-34,41-42H,13-20,25-26H2,1-12H3/t2*35-,36-;33-,34-/m000/s1. The largest absolute Gasteiger partial charge is 0.507 e. The predicted molar refractivity (Wildman–Crippen MR) is 613 cm³/mol. The Morgan fingerprint density at radius 1 is 0.221 bits per heavy atom. The van der Waals surface area contributed by atoms with Gasteiger partial charge in [0, 0.05) is 133 Å². The number of thioether (sulfide) groups is 6. The van der Waals surface area contributed by atoms with E-state index in [1.54, 1.807) is 0 Å². The molecule has 768 valence electrons. The van der Waals surface area contributed by atoms with Crippen LogP contribution in [0, 0.1) is 11.8 Å². The van der Waals surface area contributed by atoms with Crippen LogP contribution in [0.3, 0.4) is 0 Å². The van der Waals surface area contributed by atoms with Crippen LogP contribution in [0.5, 0.6) is 34.5 Å². The van der Waals surface area contributed by atoms with Gasteiger partial charge in [-0.25, -0.2) is 0 Å². The van der Waals surface area contributed by atoms with Gasteiger partial charge < -0.3 is 30.6 Å². The number of aromatic hydroxyl groups is 6. The smallest absolute Gasteiger partial charge is 0.123 e. The third-order valence-electron chi connectivity index (χ3n) is 33.4. The van der Waals surface area contributed by atoms with Crippen molar-refractivity contribution in [3.05, 3.63) is 173 Å². The molecular weight excluding hydrogens is 1780 g/mol. The second kappa shape index (κ2) is 49.4. The lowest BCUT2D eigenvalue weighted by Gasteiger charge is -2.34. The Morgan fingerprint density at radius 3 is 0.529 bits per heavy atom. The molecule has 0 bridgehead atoms. The molecule has 0 unspecified atom stereocenters. The molecule has 9 rings (SSSR count). The van der Waals surface area contributed by atoms with E-state index < -0.39 is 0 Å². The zero-order valence-electron chi connectivity index (χ0n) is 93.9. The van der Waals surface area contributed by atoms with Crippen molar-refractivity contribution in [1.29, 1.82) is 0 Å². The molecule has 0 spiro atoms. The molecule has 6 atom stereocenters. The second-order valence-corrected chi connectivity index (χ2v) is 58.9. The summed E-state index contributed by atoms with van der Waals surface area (Å²) in [6, 6.07) is 27.3. The van der Waals surface area contributed by atoms with Crippen LogP contribution in [0.1, 0.15) is 517 Å². The van der Waals surface area contributed by atoms with E-state index in [1.807, 2.05) is 0 Å². The van der Waals surface area contributed by atoms with Crippen LogP contribution in [0.4, 0.5) is 0 Å². The fourth-order valence-electron chi connectivity index (χ4n) is 19.2. The second-order valence-electron chi connectivity index (χ2n) is 51.5. The Morgan fingerprint density at radius 2 is 0.375 bits per heavy atom. The van der Waals surface area contributed by atoms with Gasteiger partial charge in [0.2, 0.25) is 0 Å². The van der Waals surface area contributed by atoms with Crippen molar-refractivity contribution in [3.63, 3.8) is 0 Å². The van der Waals surface area contributed by atoms with Crippen molar-refractivity contribution >= 4 is 70.6 Å². The lowest BCUT2D eigenvalue weighted by Crippen LogP contribution is -2.26. The first-order valence-corrected chi connectivity index (χ1v) is 60.0. The number of rotatable bonds is 32. The SMILES string of the molecule is CC(C)C(C)(C)c1cc(C(C)(C)C)cc(CS[C@H]2CCCCCC[C@@H]2SCc2cc(C(C)(C)C)cc(C(C)(C)C(C)C)c2O)c1O.CCC(C)(C)c1cc(C(C)(C)C)cc(CS[C@H]2CCCCCC[C@@H]2SCc2cc(C(C)(C)C)cc(C(C)(C)CC)c2O)c1O.CCC(C)(CC)c1cc(C(C)(C)C)cc(CS[C@H]2CCCCCC[C@@H]2SCc2cc(C(C)(C)C)cc(C(C)(CC)CC)c2O)c1O. The molecule has 0 saturated heterocycles. The van der Waals surface area contributed by atoms with Gasteiger partial charge in [-0.3, -0.25) is 0 Å². The summed E-state index contributed by atoms with van der Waals surface area (Å²) in [4.78, 5) is 0. The summed E-state index contributed by atoms with van der Waals surface area (Å²) in [7, 11) is 0. The first kappa shape index (κ1) is 119. The number of hydrogen-bond acceptors (Lipinski definition) is 12. The van der Waals surface area contributed by atoms with E-state index in [9.17, 15) is 30.6 Å². The Balaban J connectivity index is 0.000000278. The van der Waals surface area contributed by atoms with Crippen molar-refractivity contribution in [2.75, 3.05) is 0 Å². The molecule has 6 aromatic rings. The van der Waals surface area contributed by atoms with Crippen LogP contribution in [0.2, 0.25) is 0 Å². The fourth-order valence-corrected chi connectivity index (χ4v) is 28.4. The molecule has 6 aromatic carbocycles. The minimum Gasteiger partial charge on any atom is -0.507 e. The monoisotopic (exact) mass is 1980 g/mol. The average molecular weight is 1980 g/mol. The molecule has 0 heterocycles. The highest BCUT2D eigenvalue weighted by Gasteiger charge is 2.40. The quantitative estimate of drug-likeness (QED) is 0.0241. The van der Waals surface area contributed by atoms with Crippen molar-refractivity contribution in [1.82, 2.24) is 0 Å². The normalized spacial score (nSPS) is 19.0. The van der Waals surface area contributed by atoms with E-state index >= 15 is 0 Å². The highest BCUT2D eigenvalue weighted by atomic mass is 32.2. The summed E-state index contributed by atoms with van der Waals surface area (Å²) in [6.07, 6.45) is 28.9. The minimum absolute atomic E-state index is 0.0140. The topological polar surface area (TPSA) is 121 Å². The molecule has 6 N–H and O–H groups in total. The van der Waals surface area contributed by atoms with Crippen molar-refractivity contribution in [2.24, 2.45) is 11.8 Å². The third-order valence-corrected chi connectivity index (χ3v) is 42.7. The molecule has 12 heteroatoms. The van der Waals surface area contributed by atoms with Crippen LogP contribution in [-0.2, 0) is 99.5 Å². The maximum Gasteiger partial charge on any atom is 0.123 e. The van der Waals surface area contributed by atoms with Crippen LogP contribution < -0.4 is 0 Å². The van der Waals surface area contributed by atoms with Gasteiger partial charge in [0.25, 0.3) is 0 Å². The maximum atomic E-state index is 11.7. The molecule has 3 aliphatic carbocycles. The van der Waals surface area contributed by atoms with Gasteiger partial charge in [-0.05, 0) is 187 Å². The first-order chi connectivity index (χ1) is 62.8. The maximum absolute atomic E-state index is 11.7. The van der Waals surface area contributed by atoms with E-state index in [4.69, 9.17) is 0 Å². The van der Waals surface area contributed by atoms with E-state index in [-0.39, 0.29) is 65.0 Å². The van der Waals surface area contributed by atoms with E-state index in [2.05, 4.69) is 406 Å². The Kier molecular flexibility index (Phi) is 43.3. The Hall–Kier alpha value is -3.78. The summed E-state index contributed by atoms with van der Waals surface area (Å²) in [5.41, 5.74) is 20.7. The number of phenolic OH excluding ortho intramolecular Hbond substituents is 6. The summed E-state index contributed by atoms with van der Waals surface area (Å²) < 4.78 is 0.